The van der Waals surface area contributed by atoms with Crippen molar-refractivity contribution in [1.29, 1.82) is 0 Å². The van der Waals surface area contributed by atoms with Crippen LogP contribution in [0.4, 0.5) is 0 Å². The van der Waals surface area contributed by atoms with Gasteiger partial charge in [0.05, 0.1) is 24.8 Å². The van der Waals surface area contributed by atoms with E-state index in [0.717, 1.165) is 29.0 Å². The quantitative estimate of drug-likeness (QED) is 0.272. The van der Waals surface area contributed by atoms with Crippen LogP contribution in [0.1, 0.15) is 63.8 Å². The molecule has 0 bridgehead atoms. The maximum Gasteiger partial charge on any atom is 0.295 e. The molecule has 0 radical (unpaired) electrons. The van der Waals surface area contributed by atoms with Crippen LogP contribution in [0.5, 0.6) is 11.5 Å². The minimum absolute atomic E-state index is 0.0926. The molecule has 0 aliphatic carbocycles. The number of carbonyl (C=O) groups is 2. The van der Waals surface area contributed by atoms with Gasteiger partial charge >= 0.3 is 0 Å². The summed E-state index contributed by atoms with van der Waals surface area (Å²) < 4.78 is 11.5. The third kappa shape index (κ3) is 6.34. The number of ether oxygens (including phenoxy) is 2. The van der Waals surface area contributed by atoms with Crippen molar-refractivity contribution < 1.29 is 24.2 Å². The van der Waals surface area contributed by atoms with Gasteiger partial charge in [-0.05, 0) is 68.8 Å². The molecule has 37 heavy (non-hydrogen) atoms. The first-order valence-corrected chi connectivity index (χ1v) is 12.9. The first-order chi connectivity index (χ1) is 17.5. The number of likely N-dealkylation sites (N-methyl/N-ethyl adjacent to an activating group) is 1. The van der Waals surface area contributed by atoms with Gasteiger partial charge in [-0.3, -0.25) is 9.59 Å². The van der Waals surface area contributed by atoms with Gasteiger partial charge < -0.3 is 24.4 Å². The largest absolute Gasteiger partial charge is 0.507 e. The SMILES string of the molecule is CCCOc1ccc(C2/C(=C(/O)c3ccc(OCC)c(C(C)(C)C)c3)C(=O)C(=O)N2CCN(C)C)cc1. The van der Waals surface area contributed by atoms with Crippen LogP contribution < -0.4 is 9.47 Å². The number of Topliss-reactive ketones (excluding diaryl/α,β-unsaturated/α-hetero) is 1. The van der Waals surface area contributed by atoms with E-state index < -0.39 is 17.7 Å². The number of amides is 1. The van der Waals surface area contributed by atoms with E-state index in [1.807, 2.05) is 69.2 Å². The van der Waals surface area contributed by atoms with E-state index in [4.69, 9.17) is 9.47 Å². The highest BCUT2D eigenvalue weighted by atomic mass is 16.5. The molecule has 7 nitrogen and oxygen atoms in total. The second kappa shape index (κ2) is 11.8. The summed E-state index contributed by atoms with van der Waals surface area (Å²) in [6.07, 6.45) is 0.894. The van der Waals surface area contributed by atoms with Crippen molar-refractivity contribution in [2.45, 2.75) is 52.5 Å². The highest BCUT2D eigenvalue weighted by Gasteiger charge is 2.46. The first-order valence-electron chi connectivity index (χ1n) is 12.9. The standard InChI is InChI=1S/C30H40N2O5/c1-8-18-37-22-13-10-20(11-14-22)26-25(28(34)29(35)32(26)17-16-31(6)7)27(33)21-12-15-24(36-9-2)23(19-21)30(3,4)5/h10-15,19,26,33H,8-9,16-18H2,1-7H3/b27-25-. The molecule has 1 atom stereocenters. The minimum atomic E-state index is -0.704. The van der Waals surface area contributed by atoms with E-state index in [-0.39, 0.29) is 16.7 Å². The van der Waals surface area contributed by atoms with Crippen LogP contribution in [0.25, 0.3) is 5.76 Å². The Labute approximate surface area is 220 Å². The lowest BCUT2D eigenvalue weighted by atomic mass is 9.84. The van der Waals surface area contributed by atoms with Crippen molar-refractivity contribution in [3.8, 4) is 11.5 Å². The number of nitrogens with zero attached hydrogens (tertiary/aromatic N) is 2. The van der Waals surface area contributed by atoms with Crippen LogP contribution in [0.15, 0.2) is 48.0 Å². The molecule has 0 saturated carbocycles. The Bertz CT molecular complexity index is 1150. The van der Waals surface area contributed by atoms with Crippen LogP contribution in [0, 0.1) is 0 Å². The summed E-state index contributed by atoms with van der Waals surface area (Å²) in [7, 11) is 3.83. The Morgan fingerprint density at radius 2 is 1.70 bits per heavy atom. The van der Waals surface area contributed by atoms with E-state index in [1.165, 1.54) is 0 Å². The van der Waals surface area contributed by atoms with Crippen molar-refractivity contribution in [3.63, 3.8) is 0 Å². The van der Waals surface area contributed by atoms with E-state index >= 15 is 0 Å². The Balaban J connectivity index is 2.15. The topological polar surface area (TPSA) is 79.3 Å². The molecule has 1 saturated heterocycles. The van der Waals surface area contributed by atoms with Crippen LogP contribution in [-0.4, -0.2) is 67.0 Å². The number of hydrogen-bond acceptors (Lipinski definition) is 6. The second-order valence-electron chi connectivity index (χ2n) is 10.6. The number of ketones is 1. The molecule has 1 aliphatic heterocycles. The maximum atomic E-state index is 13.3. The smallest absolute Gasteiger partial charge is 0.295 e. The van der Waals surface area contributed by atoms with Crippen LogP contribution in [-0.2, 0) is 15.0 Å². The fourth-order valence-electron chi connectivity index (χ4n) is 4.43. The van der Waals surface area contributed by atoms with Crippen molar-refractivity contribution in [1.82, 2.24) is 9.80 Å². The molecule has 1 heterocycles. The summed E-state index contributed by atoms with van der Waals surface area (Å²) in [5.74, 6) is -0.0228. The number of hydrogen-bond donors (Lipinski definition) is 1. The third-order valence-corrected chi connectivity index (χ3v) is 6.36. The Morgan fingerprint density at radius 3 is 2.27 bits per heavy atom. The zero-order valence-electron chi connectivity index (χ0n) is 23.1. The summed E-state index contributed by atoms with van der Waals surface area (Å²) in [6, 6.07) is 12.1. The summed E-state index contributed by atoms with van der Waals surface area (Å²) in [5.41, 5.74) is 1.97. The lowest BCUT2D eigenvalue weighted by Crippen LogP contribution is -2.35. The predicted molar refractivity (Wildman–Crippen MR) is 146 cm³/mol. The molecule has 1 fully saturated rings. The minimum Gasteiger partial charge on any atom is -0.507 e. The number of benzene rings is 2. The molecule has 3 rings (SSSR count). The molecule has 7 heteroatoms. The van der Waals surface area contributed by atoms with E-state index in [9.17, 15) is 14.7 Å². The molecule has 1 aliphatic rings. The molecule has 200 valence electrons. The number of likely N-dealkylation sites (tertiary alicyclic amines) is 1. The Morgan fingerprint density at radius 1 is 1.03 bits per heavy atom. The molecule has 2 aromatic rings. The van der Waals surface area contributed by atoms with Gasteiger partial charge in [-0.2, -0.15) is 0 Å². The lowest BCUT2D eigenvalue weighted by Gasteiger charge is -2.27. The van der Waals surface area contributed by atoms with Gasteiger partial charge in [0.15, 0.2) is 0 Å². The van der Waals surface area contributed by atoms with Crippen LogP contribution in [0.2, 0.25) is 0 Å². The molecule has 0 aromatic heterocycles. The Kier molecular flexibility index (Phi) is 9.02. The molecule has 1 amide bonds. The highest BCUT2D eigenvalue weighted by Crippen LogP contribution is 2.41. The van der Waals surface area contributed by atoms with Gasteiger partial charge in [-0.25, -0.2) is 0 Å². The highest BCUT2D eigenvalue weighted by molar-refractivity contribution is 6.46. The average molecular weight is 509 g/mol. The zero-order valence-corrected chi connectivity index (χ0v) is 23.1. The normalized spacial score (nSPS) is 17.5. The molecule has 1 unspecified atom stereocenters. The predicted octanol–water partition coefficient (Wildman–Crippen LogP) is 5.15. The number of aliphatic hydroxyl groups is 1. The number of rotatable bonds is 10. The lowest BCUT2D eigenvalue weighted by molar-refractivity contribution is -0.140. The monoisotopic (exact) mass is 508 g/mol. The van der Waals surface area contributed by atoms with Crippen LogP contribution in [0.3, 0.4) is 0 Å². The van der Waals surface area contributed by atoms with Gasteiger partial charge in [0, 0.05) is 24.2 Å². The molecule has 2 aromatic carbocycles. The summed E-state index contributed by atoms with van der Waals surface area (Å²) >= 11 is 0. The van der Waals surface area contributed by atoms with Gasteiger partial charge in [0.2, 0.25) is 0 Å². The van der Waals surface area contributed by atoms with Crippen molar-refractivity contribution in [3.05, 3.63) is 64.7 Å². The van der Waals surface area contributed by atoms with Crippen molar-refractivity contribution in [2.24, 2.45) is 0 Å². The van der Waals surface area contributed by atoms with Gasteiger partial charge in [-0.1, -0.05) is 39.8 Å². The van der Waals surface area contributed by atoms with Gasteiger partial charge in [-0.15, -0.1) is 0 Å². The molecular weight excluding hydrogens is 468 g/mol. The Hall–Kier alpha value is -3.32. The number of carbonyl (C=O) groups excluding carboxylic acids is 2. The van der Waals surface area contributed by atoms with Crippen molar-refractivity contribution >= 4 is 17.4 Å². The summed E-state index contributed by atoms with van der Waals surface area (Å²) in [4.78, 5) is 30.0. The summed E-state index contributed by atoms with van der Waals surface area (Å²) in [6.45, 7) is 12.2. The van der Waals surface area contributed by atoms with Crippen LogP contribution >= 0.6 is 0 Å². The number of aliphatic hydroxyl groups excluding tert-OH is 1. The summed E-state index contributed by atoms with van der Waals surface area (Å²) in [5, 5.41) is 11.5. The molecular formula is C30H40N2O5. The molecule has 0 spiro atoms. The maximum absolute atomic E-state index is 13.3. The van der Waals surface area contributed by atoms with E-state index in [0.29, 0.717) is 31.9 Å². The fourth-order valence-corrected chi connectivity index (χ4v) is 4.43. The van der Waals surface area contributed by atoms with Crippen molar-refractivity contribution in [2.75, 3.05) is 40.4 Å². The fraction of sp³-hybridized carbons (Fsp3) is 0.467. The van der Waals surface area contributed by atoms with E-state index in [2.05, 4.69) is 20.8 Å². The van der Waals surface area contributed by atoms with E-state index in [1.54, 1.807) is 11.0 Å². The molecule has 1 N–H and O–H groups in total. The zero-order chi connectivity index (χ0) is 27.3. The van der Waals surface area contributed by atoms with Gasteiger partial charge in [0.1, 0.15) is 17.3 Å². The van der Waals surface area contributed by atoms with Gasteiger partial charge in [0.25, 0.3) is 11.7 Å². The average Bonchev–Trinajstić information content (AvgIpc) is 3.10. The second-order valence-corrected chi connectivity index (χ2v) is 10.6. The third-order valence-electron chi connectivity index (χ3n) is 6.36. The first kappa shape index (κ1) is 28.3.